The van der Waals surface area contributed by atoms with Crippen molar-refractivity contribution in [3.63, 3.8) is 0 Å². The van der Waals surface area contributed by atoms with Gasteiger partial charge in [0, 0.05) is 13.1 Å². The van der Waals surface area contributed by atoms with Gasteiger partial charge in [-0.3, -0.25) is 9.59 Å². The van der Waals surface area contributed by atoms with Crippen molar-refractivity contribution in [2.45, 2.75) is 12.6 Å². The average molecular weight is 304 g/mol. The molecule has 0 fully saturated rings. The van der Waals surface area contributed by atoms with Gasteiger partial charge in [-0.1, -0.05) is 12.1 Å². The van der Waals surface area contributed by atoms with E-state index >= 15 is 0 Å². The zero-order valence-electron chi connectivity index (χ0n) is 11.3. The normalized spacial score (nSPS) is 10.9. The summed E-state index contributed by atoms with van der Waals surface area (Å²) in [5.41, 5.74) is 0.743. The van der Waals surface area contributed by atoms with Crippen LogP contribution in [0, 0.1) is 0 Å². The van der Waals surface area contributed by atoms with Gasteiger partial charge in [0.25, 0.3) is 0 Å². The molecular formula is C13H15F3N2O3. The van der Waals surface area contributed by atoms with E-state index in [2.05, 4.69) is 5.32 Å². The van der Waals surface area contributed by atoms with Crippen LogP contribution >= 0.6 is 0 Å². The molecule has 5 nitrogen and oxygen atoms in total. The van der Waals surface area contributed by atoms with Crippen molar-refractivity contribution in [3.05, 3.63) is 29.8 Å². The summed E-state index contributed by atoms with van der Waals surface area (Å²) in [6, 6.07) is 6.83. The van der Waals surface area contributed by atoms with Crippen LogP contribution in [0.3, 0.4) is 0 Å². The van der Waals surface area contributed by atoms with Crippen LogP contribution in [0.25, 0.3) is 0 Å². The van der Waals surface area contributed by atoms with Gasteiger partial charge in [0.1, 0.15) is 5.75 Å². The first-order valence-corrected chi connectivity index (χ1v) is 6.07. The van der Waals surface area contributed by atoms with Gasteiger partial charge < -0.3 is 15.4 Å². The minimum absolute atomic E-state index is 0.0726. The number of methoxy groups -OCH3 is 1. The molecule has 116 valence electrons. The number of carbonyl (C=O) groups excluding carboxylic acids is 2. The van der Waals surface area contributed by atoms with Crippen molar-refractivity contribution in [2.75, 3.05) is 20.2 Å². The number of benzene rings is 1. The molecule has 21 heavy (non-hydrogen) atoms. The van der Waals surface area contributed by atoms with Gasteiger partial charge in [-0.05, 0) is 17.7 Å². The van der Waals surface area contributed by atoms with E-state index < -0.39 is 12.1 Å². The Bertz CT molecular complexity index is 486. The molecule has 1 rings (SSSR count). The molecule has 0 heterocycles. The summed E-state index contributed by atoms with van der Waals surface area (Å²) >= 11 is 0. The van der Waals surface area contributed by atoms with Crippen molar-refractivity contribution in [1.29, 1.82) is 0 Å². The van der Waals surface area contributed by atoms with Crippen molar-refractivity contribution in [2.24, 2.45) is 0 Å². The summed E-state index contributed by atoms with van der Waals surface area (Å²) in [7, 11) is 1.52. The van der Waals surface area contributed by atoms with Gasteiger partial charge in [-0.25, -0.2) is 0 Å². The molecule has 0 spiro atoms. The maximum Gasteiger partial charge on any atom is 0.471 e. The number of ether oxygens (including phenoxy) is 1. The van der Waals surface area contributed by atoms with Gasteiger partial charge in [-0.15, -0.1) is 0 Å². The van der Waals surface area contributed by atoms with Gasteiger partial charge in [-0.2, -0.15) is 13.2 Å². The molecule has 0 saturated carbocycles. The van der Waals surface area contributed by atoms with Crippen LogP contribution < -0.4 is 15.4 Å². The molecule has 0 unspecified atom stereocenters. The molecule has 0 bridgehead atoms. The minimum Gasteiger partial charge on any atom is -0.497 e. The first-order chi connectivity index (χ1) is 9.82. The monoisotopic (exact) mass is 304 g/mol. The van der Waals surface area contributed by atoms with E-state index in [1.54, 1.807) is 29.6 Å². The molecule has 0 aliphatic heterocycles. The van der Waals surface area contributed by atoms with E-state index in [0.717, 1.165) is 5.56 Å². The maximum absolute atomic E-state index is 11.9. The van der Waals surface area contributed by atoms with E-state index in [9.17, 15) is 22.8 Å². The number of amides is 2. The highest BCUT2D eigenvalue weighted by Crippen LogP contribution is 2.13. The zero-order valence-corrected chi connectivity index (χ0v) is 11.3. The molecule has 0 saturated heterocycles. The van der Waals surface area contributed by atoms with Crippen LogP contribution in [0.5, 0.6) is 5.75 Å². The number of hydrogen-bond donors (Lipinski definition) is 2. The Balaban J connectivity index is 2.26. The second-order valence-corrected chi connectivity index (χ2v) is 4.13. The third-order valence-electron chi connectivity index (χ3n) is 2.51. The third kappa shape index (κ3) is 6.15. The molecule has 1 aromatic carbocycles. The molecule has 0 aromatic heterocycles. The fraction of sp³-hybridized carbons (Fsp3) is 0.385. The lowest BCUT2D eigenvalue weighted by Crippen LogP contribution is -2.41. The van der Waals surface area contributed by atoms with Crippen molar-refractivity contribution < 1.29 is 27.5 Å². The second-order valence-electron chi connectivity index (χ2n) is 4.13. The fourth-order valence-electron chi connectivity index (χ4n) is 1.47. The van der Waals surface area contributed by atoms with Gasteiger partial charge >= 0.3 is 12.1 Å². The van der Waals surface area contributed by atoms with E-state index in [0.29, 0.717) is 5.75 Å². The highest BCUT2D eigenvalue weighted by atomic mass is 19.4. The predicted octanol–water partition coefficient (Wildman–Crippen LogP) is 1.03. The highest BCUT2D eigenvalue weighted by molar-refractivity contribution is 5.82. The van der Waals surface area contributed by atoms with Crippen molar-refractivity contribution in [1.82, 2.24) is 10.6 Å². The lowest BCUT2D eigenvalue weighted by Gasteiger charge is -2.09. The topological polar surface area (TPSA) is 67.4 Å². The molecule has 0 aliphatic rings. The van der Waals surface area contributed by atoms with E-state index in [4.69, 9.17) is 4.74 Å². The first kappa shape index (κ1) is 16.8. The van der Waals surface area contributed by atoms with Crippen molar-refractivity contribution in [3.8, 4) is 5.75 Å². The Morgan fingerprint density at radius 1 is 1.10 bits per heavy atom. The quantitative estimate of drug-likeness (QED) is 0.772. The van der Waals surface area contributed by atoms with E-state index in [1.807, 2.05) is 0 Å². The van der Waals surface area contributed by atoms with Crippen LogP contribution in [0.4, 0.5) is 13.2 Å². The third-order valence-corrected chi connectivity index (χ3v) is 2.51. The Morgan fingerprint density at radius 3 is 2.19 bits per heavy atom. The van der Waals surface area contributed by atoms with Crippen LogP contribution in [0.15, 0.2) is 24.3 Å². The van der Waals surface area contributed by atoms with Gasteiger partial charge in [0.05, 0.1) is 13.5 Å². The number of alkyl halides is 3. The average Bonchev–Trinajstić information content (AvgIpc) is 2.43. The summed E-state index contributed by atoms with van der Waals surface area (Å²) in [4.78, 5) is 22.0. The maximum atomic E-state index is 11.9. The molecule has 0 atom stereocenters. The Morgan fingerprint density at radius 2 is 1.67 bits per heavy atom. The number of hydrogen-bond acceptors (Lipinski definition) is 3. The minimum atomic E-state index is -4.91. The predicted molar refractivity (Wildman–Crippen MR) is 68.8 cm³/mol. The van der Waals surface area contributed by atoms with E-state index in [1.165, 1.54) is 7.11 Å². The van der Waals surface area contributed by atoms with E-state index in [-0.39, 0.29) is 25.4 Å². The summed E-state index contributed by atoms with van der Waals surface area (Å²) in [6.45, 7) is -0.358. The number of rotatable bonds is 6. The Hall–Kier alpha value is -2.25. The first-order valence-electron chi connectivity index (χ1n) is 6.07. The summed E-state index contributed by atoms with van der Waals surface area (Å²) < 4.78 is 40.6. The van der Waals surface area contributed by atoms with Gasteiger partial charge in [0.15, 0.2) is 0 Å². The van der Waals surface area contributed by atoms with Crippen LogP contribution in [0.2, 0.25) is 0 Å². The SMILES string of the molecule is COc1ccc(CC(=O)NCCNC(=O)C(F)(F)F)cc1. The smallest absolute Gasteiger partial charge is 0.471 e. The van der Waals surface area contributed by atoms with Crippen LogP contribution in [0.1, 0.15) is 5.56 Å². The second kappa shape index (κ2) is 7.51. The molecule has 2 N–H and O–H groups in total. The number of halogens is 3. The van der Waals surface area contributed by atoms with Crippen LogP contribution in [-0.2, 0) is 16.0 Å². The Labute approximate surface area is 119 Å². The zero-order chi connectivity index (χ0) is 15.9. The molecule has 0 aliphatic carbocycles. The van der Waals surface area contributed by atoms with Crippen molar-refractivity contribution >= 4 is 11.8 Å². The standard InChI is InChI=1S/C13H15F3N2O3/c1-21-10-4-2-9(3-5-10)8-11(19)17-6-7-18-12(20)13(14,15)16/h2-5H,6-8H2,1H3,(H,17,19)(H,18,20). The Kier molecular flexibility index (Phi) is 6.01. The number of nitrogens with one attached hydrogen (secondary N) is 2. The van der Waals surface area contributed by atoms with Gasteiger partial charge in [0.2, 0.25) is 5.91 Å². The molecule has 0 radical (unpaired) electrons. The lowest BCUT2D eigenvalue weighted by molar-refractivity contribution is -0.173. The molecule has 1 aromatic rings. The largest absolute Gasteiger partial charge is 0.497 e. The van der Waals surface area contributed by atoms with Crippen LogP contribution in [-0.4, -0.2) is 38.2 Å². The summed E-state index contributed by atoms with van der Waals surface area (Å²) in [6.07, 6.45) is -4.82. The lowest BCUT2D eigenvalue weighted by atomic mass is 10.1. The molecular weight excluding hydrogens is 289 g/mol. The highest BCUT2D eigenvalue weighted by Gasteiger charge is 2.38. The summed E-state index contributed by atoms with van der Waals surface area (Å²) in [5.74, 6) is -1.71. The molecule has 8 heteroatoms. The number of carbonyl (C=O) groups is 2. The molecule has 2 amide bonds. The fourth-order valence-corrected chi connectivity index (χ4v) is 1.47. The summed E-state index contributed by atoms with van der Waals surface area (Å²) in [5, 5.41) is 4.08.